The molecule has 2 N–H and O–H groups in total. The summed E-state index contributed by atoms with van der Waals surface area (Å²) in [6.45, 7) is 2.03. The molecule has 1 aromatic heterocycles. The Morgan fingerprint density at radius 3 is 3.00 bits per heavy atom. The lowest BCUT2D eigenvalue weighted by molar-refractivity contribution is -0.136. The minimum atomic E-state index is -0.796. The third-order valence-corrected chi connectivity index (χ3v) is 2.64. The molecule has 2 rings (SSSR count). The summed E-state index contributed by atoms with van der Waals surface area (Å²) in [5, 5.41) is 15.5. The highest BCUT2D eigenvalue weighted by Crippen LogP contribution is 2.23. The first kappa shape index (κ1) is 11.4. The molecule has 0 atom stereocenters. The van der Waals surface area contributed by atoms with Gasteiger partial charge in [0.1, 0.15) is 0 Å². The van der Waals surface area contributed by atoms with Crippen molar-refractivity contribution in [1.82, 2.24) is 10.2 Å². The summed E-state index contributed by atoms with van der Waals surface area (Å²) >= 11 is 0. The molecule has 0 aliphatic rings. The number of carbonyl (C=O) groups is 1. The van der Waals surface area contributed by atoms with E-state index in [1.54, 1.807) is 6.20 Å². The van der Waals surface area contributed by atoms with Crippen LogP contribution in [0.5, 0.6) is 0 Å². The number of nitrogens with one attached hydrogen (secondary N) is 1. The van der Waals surface area contributed by atoms with Crippen molar-refractivity contribution in [3.8, 4) is 11.1 Å². The van der Waals surface area contributed by atoms with Gasteiger partial charge in [-0.05, 0) is 12.5 Å². The number of aromatic amines is 1. The number of aryl methyl sites for hydroxylation is 2. The quantitative estimate of drug-likeness (QED) is 0.847. The van der Waals surface area contributed by atoms with Gasteiger partial charge in [0.05, 0.1) is 12.6 Å². The van der Waals surface area contributed by atoms with Crippen LogP contribution in [0, 0.1) is 6.92 Å². The fourth-order valence-electron chi connectivity index (χ4n) is 1.80. The zero-order valence-corrected chi connectivity index (χ0v) is 9.60. The van der Waals surface area contributed by atoms with Crippen LogP contribution >= 0.6 is 0 Å². The predicted octanol–water partition coefficient (Wildman–Crippen LogP) is 2.40. The maximum absolute atomic E-state index is 10.6. The monoisotopic (exact) mass is 230 g/mol. The predicted molar refractivity (Wildman–Crippen MR) is 64.7 cm³/mol. The molecule has 2 aromatic rings. The van der Waals surface area contributed by atoms with Crippen molar-refractivity contribution in [2.45, 2.75) is 19.8 Å². The van der Waals surface area contributed by atoms with E-state index in [2.05, 4.69) is 16.3 Å². The Balaban J connectivity index is 2.27. The van der Waals surface area contributed by atoms with Crippen molar-refractivity contribution < 1.29 is 9.90 Å². The molecule has 0 radical (unpaired) electrons. The standard InChI is InChI=1S/C13H14N2O2/c1-9-3-2-4-10(7-9)11-8-14-15-12(11)5-6-13(16)17/h2-4,7-8H,5-6H2,1H3,(H,14,15)(H,16,17). The average Bonchev–Trinajstić information content (AvgIpc) is 2.74. The summed E-state index contributed by atoms with van der Waals surface area (Å²) in [4.78, 5) is 10.6. The van der Waals surface area contributed by atoms with Gasteiger partial charge in [-0.25, -0.2) is 0 Å². The topological polar surface area (TPSA) is 66.0 Å². The number of benzene rings is 1. The third-order valence-electron chi connectivity index (χ3n) is 2.64. The molecule has 0 unspecified atom stereocenters. The van der Waals surface area contributed by atoms with Gasteiger partial charge in [0.2, 0.25) is 0 Å². The van der Waals surface area contributed by atoms with Gasteiger partial charge in [0, 0.05) is 17.7 Å². The Morgan fingerprint density at radius 2 is 2.29 bits per heavy atom. The molecule has 4 nitrogen and oxygen atoms in total. The summed E-state index contributed by atoms with van der Waals surface area (Å²) in [5.74, 6) is -0.796. The second kappa shape index (κ2) is 4.82. The Morgan fingerprint density at radius 1 is 1.47 bits per heavy atom. The summed E-state index contributed by atoms with van der Waals surface area (Å²) in [6, 6.07) is 8.08. The Bertz CT molecular complexity index is 532. The van der Waals surface area contributed by atoms with Gasteiger partial charge in [-0.2, -0.15) is 5.10 Å². The highest BCUT2D eigenvalue weighted by molar-refractivity contribution is 5.69. The number of nitrogens with zero attached hydrogens (tertiary/aromatic N) is 1. The summed E-state index contributed by atoms with van der Waals surface area (Å²) < 4.78 is 0. The van der Waals surface area contributed by atoms with Crippen LogP contribution in [0.2, 0.25) is 0 Å². The smallest absolute Gasteiger partial charge is 0.303 e. The molecular weight excluding hydrogens is 216 g/mol. The molecule has 0 saturated heterocycles. The zero-order valence-electron chi connectivity index (χ0n) is 9.60. The zero-order chi connectivity index (χ0) is 12.3. The van der Waals surface area contributed by atoms with E-state index in [-0.39, 0.29) is 6.42 Å². The van der Waals surface area contributed by atoms with Gasteiger partial charge in [0.25, 0.3) is 0 Å². The Hall–Kier alpha value is -2.10. The van der Waals surface area contributed by atoms with Crippen molar-refractivity contribution in [3.63, 3.8) is 0 Å². The summed E-state index contributed by atoms with van der Waals surface area (Å²) in [5.41, 5.74) is 4.10. The Kier molecular flexibility index (Phi) is 3.23. The molecule has 0 bridgehead atoms. The van der Waals surface area contributed by atoms with E-state index in [0.29, 0.717) is 6.42 Å². The lowest BCUT2D eigenvalue weighted by Crippen LogP contribution is -1.98. The van der Waals surface area contributed by atoms with Crippen LogP contribution in [0.3, 0.4) is 0 Å². The maximum atomic E-state index is 10.6. The van der Waals surface area contributed by atoms with E-state index in [1.807, 2.05) is 25.1 Å². The number of carboxylic acid groups (broad SMARTS) is 1. The normalized spacial score (nSPS) is 10.4. The SMILES string of the molecule is Cc1cccc(-c2cn[nH]c2CCC(=O)O)c1. The number of carboxylic acids is 1. The van der Waals surface area contributed by atoms with Crippen molar-refractivity contribution in [1.29, 1.82) is 0 Å². The van der Waals surface area contributed by atoms with Crippen LogP contribution in [0.25, 0.3) is 11.1 Å². The van der Waals surface area contributed by atoms with Gasteiger partial charge >= 0.3 is 5.97 Å². The Labute approximate surface area is 99.3 Å². The average molecular weight is 230 g/mol. The molecule has 0 fully saturated rings. The number of aliphatic carboxylic acids is 1. The highest BCUT2D eigenvalue weighted by atomic mass is 16.4. The molecule has 0 amide bonds. The van der Waals surface area contributed by atoms with Crippen LogP contribution in [0.15, 0.2) is 30.5 Å². The molecule has 4 heteroatoms. The van der Waals surface area contributed by atoms with E-state index in [1.165, 1.54) is 5.56 Å². The minimum Gasteiger partial charge on any atom is -0.481 e. The van der Waals surface area contributed by atoms with Gasteiger partial charge in [0.15, 0.2) is 0 Å². The van der Waals surface area contributed by atoms with Gasteiger partial charge in [-0.15, -0.1) is 0 Å². The molecule has 88 valence electrons. The molecule has 17 heavy (non-hydrogen) atoms. The number of aromatic nitrogens is 2. The number of H-pyrrole nitrogens is 1. The molecule has 0 spiro atoms. The first-order valence-corrected chi connectivity index (χ1v) is 5.48. The van der Waals surface area contributed by atoms with Crippen molar-refractivity contribution in [2.75, 3.05) is 0 Å². The van der Waals surface area contributed by atoms with Crippen LogP contribution in [0.1, 0.15) is 17.7 Å². The van der Waals surface area contributed by atoms with Crippen molar-refractivity contribution in [2.24, 2.45) is 0 Å². The second-order valence-corrected chi connectivity index (χ2v) is 4.03. The number of hydrogen-bond acceptors (Lipinski definition) is 2. The first-order chi connectivity index (χ1) is 8.16. The maximum Gasteiger partial charge on any atom is 0.303 e. The summed E-state index contributed by atoms with van der Waals surface area (Å²) in [7, 11) is 0. The van der Waals surface area contributed by atoms with E-state index >= 15 is 0 Å². The lowest BCUT2D eigenvalue weighted by atomic mass is 10.0. The van der Waals surface area contributed by atoms with Crippen molar-refractivity contribution >= 4 is 5.97 Å². The summed E-state index contributed by atoms with van der Waals surface area (Å²) in [6.07, 6.45) is 2.32. The third kappa shape index (κ3) is 2.72. The van der Waals surface area contributed by atoms with Crippen LogP contribution in [-0.2, 0) is 11.2 Å². The molecular formula is C13H14N2O2. The highest BCUT2D eigenvalue weighted by Gasteiger charge is 2.09. The van der Waals surface area contributed by atoms with Crippen molar-refractivity contribution in [3.05, 3.63) is 41.7 Å². The molecule has 1 aromatic carbocycles. The van der Waals surface area contributed by atoms with Gasteiger partial charge in [-0.3, -0.25) is 9.89 Å². The fraction of sp³-hybridized carbons (Fsp3) is 0.231. The van der Waals surface area contributed by atoms with E-state index in [4.69, 9.17) is 5.11 Å². The molecule has 0 saturated carbocycles. The fourth-order valence-corrected chi connectivity index (χ4v) is 1.80. The number of rotatable bonds is 4. The van der Waals surface area contributed by atoms with Gasteiger partial charge < -0.3 is 5.11 Å². The van der Waals surface area contributed by atoms with E-state index in [9.17, 15) is 4.79 Å². The van der Waals surface area contributed by atoms with Crippen LogP contribution < -0.4 is 0 Å². The largest absolute Gasteiger partial charge is 0.481 e. The number of hydrogen-bond donors (Lipinski definition) is 2. The van der Waals surface area contributed by atoms with Crippen LogP contribution in [-0.4, -0.2) is 21.3 Å². The molecule has 0 aliphatic carbocycles. The second-order valence-electron chi connectivity index (χ2n) is 4.03. The first-order valence-electron chi connectivity index (χ1n) is 5.48. The van der Waals surface area contributed by atoms with E-state index in [0.717, 1.165) is 16.8 Å². The minimum absolute atomic E-state index is 0.112. The van der Waals surface area contributed by atoms with E-state index < -0.39 is 5.97 Å². The lowest BCUT2D eigenvalue weighted by Gasteiger charge is -2.03. The molecule has 0 aliphatic heterocycles. The molecule has 1 heterocycles. The van der Waals surface area contributed by atoms with Crippen LogP contribution in [0.4, 0.5) is 0 Å². The van der Waals surface area contributed by atoms with Gasteiger partial charge in [-0.1, -0.05) is 29.8 Å².